The molecule has 26 heavy (non-hydrogen) atoms. The minimum absolute atomic E-state index is 0.117. The van der Waals surface area contributed by atoms with Crippen LogP contribution in [0.2, 0.25) is 0 Å². The van der Waals surface area contributed by atoms with Gasteiger partial charge in [0, 0.05) is 12.1 Å². The predicted molar refractivity (Wildman–Crippen MR) is 103 cm³/mol. The zero-order valence-corrected chi connectivity index (χ0v) is 15.0. The molecule has 0 bridgehead atoms. The van der Waals surface area contributed by atoms with Crippen molar-refractivity contribution in [3.63, 3.8) is 0 Å². The number of rotatable bonds is 5. The van der Waals surface area contributed by atoms with E-state index in [9.17, 15) is 4.79 Å². The van der Waals surface area contributed by atoms with Gasteiger partial charge in [-0.1, -0.05) is 54.2 Å². The van der Waals surface area contributed by atoms with Crippen molar-refractivity contribution in [3.8, 4) is 11.4 Å². The number of nitrogens with one attached hydrogen (secondary N) is 1. The molecule has 0 saturated heterocycles. The first-order valence-corrected chi connectivity index (χ1v) is 9.34. The van der Waals surface area contributed by atoms with Crippen LogP contribution in [0.5, 0.6) is 0 Å². The molecule has 6 nitrogen and oxygen atoms in total. The van der Waals surface area contributed by atoms with Crippen molar-refractivity contribution in [3.05, 3.63) is 70.8 Å². The van der Waals surface area contributed by atoms with Gasteiger partial charge in [-0.3, -0.25) is 4.79 Å². The Hall–Kier alpha value is -2.93. The third kappa shape index (κ3) is 3.13. The lowest BCUT2D eigenvalue weighted by Gasteiger charge is -2.07. The summed E-state index contributed by atoms with van der Waals surface area (Å²) < 4.78 is 2.07. The highest BCUT2D eigenvalue weighted by atomic mass is 32.2. The Bertz CT molecular complexity index is 1100. The zero-order valence-electron chi connectivity index (χ0n) is 14.2. The van der Waals surface area contributed by atoms with Crippen molar-refractivity contribution in [2.24, 2.45) is 0 Å². The largest absolute Gasteiger partial charge is 0.309 e. The summed E-state index contributed by atoms with van der Waals surface area (Å²) in [7, 11) is 0. The van der Waals surface area contributed by atoms with Crippen LogP contribution in [0, 0.1) is 0 Å². The SMILES string of the molecule is CCn1c(SCc2nc3ccccc3c(=O)[nH]2)nnc1-c1ccccc1. The first-order valence-electron chi connectivity index (χ1n) is 8.35. The van der Waals surface area contributed by atoms with Crippen molar-refractivity contribution in [1.29, 1.82) is 0 Å². The third-order valence-electron chi connectivity index (χ3n) is 4.06. The molecule has 2 aromatic heterocycles. The van der Waals surface area contributed by atoms with Gasteiger partial charge in [-0.25, -0.2) is 4.98 Å². The smallest absolute Gasteiger partial charge is 0.258 e. The highest BCUT2D eigenvalue weighted by Crippen LogP contribution is 2.25. The number of H-pyrrole nitrogens is 1. The first kappa shape index (κ1) is 16.5. The Labute approximate surface area is 154 Å². The molecular formula is C19H17N5OS. The summed E-state index contributed by atoms with van der Waals surface area (Å²) in [5.74, 6) is 1.99. The van der Waals surface area contributed by atoms with Crippen LogP contribution in [0.3, 0.4) is 0 Å². The highest BCUT2D eigenvalue weighted by Gasteiger charge is 2.13. The summed E-state index contributed by atoms with van der Waals surface area (Å²) in [6.45, 7) is 2.83. The van der Waals surface area contributed by atoms with Gasteiger partial charge in [-0.2, -0.15) is 0 Å². The second-order valence-corrected chi connectivity index (χ2v) is 6.68. The summed E-state index contributed by atoms with van der Waals surface area (Å²) in [5, 5.41) is 10.1. The van der Waals surface area contributed by atoms with Crippen molar-refractivity contribution in [2.75, 3.05) is 0 Å². The molecule has 130 valence electrons. The molecule has 0 aliphatic heterocycles. The number of aromatic amines is 1. The van der Waals surface area contributed by atoms with Crippen molar-refractivity contribution in [1.82, 2.24) is 24.7 Å². The minimum Gasteiger partial charge on any atom is -0.309 e. The van der Waals surface area contributed by atoms with Crippen molar-refractivity contribution in [2.45, 2.75) is 24.4 Å². The summed E-state index contributed by atoms with van der Waals surface area (Å²) in [5.41, 5.74) is 1.62. The Balaban J connectivity index is 1.61. The van der Waals surface area contributed by atoms with Gasteiger partial charge in [0.2, 0.25) is 0 Å². The van der Waals surface area contributed by atoms with E-state index in [4.69, 9.17) is 0 Å². The van der Waals surface area contributed by atoms with Gasteiger partial charge in [0.05, 0.1) is 16.7 Å². The normalized spacial score (nSPS) is 11.1. The molecule has 4 aromatic rings. The highest BCUT2D eigenvalue weighted by molar-refractivity contribution is 7.98. The van der Waals surface area contributed by atoms with Crippen LogP contribution in [0.25, 0.3) is 22.3 Å². The third-order valence-corrected chi connectivity index (χ3v) is 5.04. The standard InChI is InChI=1S/C19H17N5OS/c1-2-24-17(13-8-4-3-5-9-13)22-23-19(24)26-12-16-20-15-11-7-6-10-14(15)18(25)21-16/h3-11H,2,12H2,1H3,(H,20,21,25). The van der Waals surface area contributed by atoms with E-state index in [0.717, 1.165) is 23.1 Å². The van der Waals surface area contributed by atoms with Gasteiger partial charge in [0.15, 0.2) is 11.0 Å². The van der Waals surface area contributed by atoms with Gasteiger partial charge in [0.25, 0.3) is 5.56 Å². The number of hydrogen-bond donors (Lipinski definition) is 1. The molecule has 2 heterocycles. The maximum absolute atomic E-state index is 12.2. The van der Waals surface area contributed by atoms with Crippen LogP contribution in [0.15, 0.2) is 64.5 Å². The van der Waals surface area contributed by atoms with Gasteiger partial charge >= 0.3 is 0 Å². The fourth-order valence-electron chi connectivity index (χ4n) is 2.82. The Morgan fingerprint density at radius 2 is 1.81 bits per heavy atom. The molecule has 0 spiro atoms. The Morgan fingerprint density at radius 1 is 1.04 bits per heavy atom. The lowest BCUT2D eigenvalue weighted by atomic mass is 10.2. The van der Waals surface area contributed by atoms with Crippen molar-refractivity contribution < 1.29 is 0 Å². The van der Waals surface area contributed by atoms with E-state index in [0.29, 0.717) is 22.5 Å². The summed E-state index contributed by atoms with van der Waals surface area (Å²) in [6.07, 6.45) is 0. The van der Waals surface area contributed by atoms with E-state index in [2.05, 4.69) is 31.7 Å². The van der Waals surface area contributed by atoms with E-state index in [1.54, 1.807) is 6.07 Å². The van der Waals surface area contributed by atoms with Gasteiger partial charge in [0.1, 0.15) is 5.82 Å². The van der Waals surface area contributed by atoms with Gasteiger partial charge in [-0.15, -0.1) is 10.2 Å². The van der Waals surface area contributed by atoms with Crippen LogP contribution in [-0.2, 0) is 12.3 Å². The van der Waals surface area contributed by atoms with Crippen LogP contribution in [0.4, 0.5) is 0 Å². The first-order chi connectivity index (χ1) is 12.8. The van der Waals surface area contributed by atoms with E-state index < -0.39 is 0 Å². The summed E-state index contributed by atoms with van der Waals surface area (Å²) in [6, 6.07) is 17.3. The Morgan fingerprint density at radius 3 is 2.62 bits per heavy atom. The maximum atomic E-state index is 12.2. The maximum Gasteiger partial charge on any atom is 0.258 e. The molecule has 1 N–H and O–H groups in total. The molecule has 0 aliphatic rings. The minimum atomic E-state index is -0.117. The van der Waals surface area contributed by atoms with Crippen molar-refractivity contribution >= 4 is 22.7 Å². The molecule has 0 atom stereocenters. The fourth-order valence-corrected chi connectivity index (χ4v) is 3.69. The number of fused-ring (bicyclic) bond motifs is 1. The molecule has 0 unspecified atom stereocenters. The number of thioether (sulfide) groups is 1. The average molecular weight is 363 g/mol. The summed E-state index contributed by atoms with van der Waals surface area (Å²) >= 11 is 1.51. The van der Waals surface area contributed by atoms with Gasteiger partial charge < -0.3 is 9.55 Å². The predicted octanol–water partition coefficient (Wildman–Crippen LogP) is 3.49. The number of hydrogen-bond acceptors (Lipinski definition) is 5. The number of aromatic nitrogens is 5. The van der Waals surface area contributed by atoms with E-state index in [-0.39, 0.29) is 5.56 Å². The molecule has 0 amide bonds. The zero-order chi connectivity index (χ0) is 17.9. The van der Waals surface area contributed by atoms with Crippen LogP contribution in [0.1, 0.15) is 12.7 Å². The molecule has 2 aromatic carbocycles. The fraction of sp³-hybridized carbons (Fsp3) is 0.158. The average Bonchev–Trinajstić information content (AvgIpc) is 3.10. The molecule has 7 heteroatoms. The lowest BCUT2D eigenvalue weighted by molar-refractivity contribution is 0.687. The van der Waals surface area contributed by atoms with Crippen LogP contribution < -0.4 is 5.56 Å². The number of benzene rings is 2. The second kappa shape index (κ2) is 7.13. The van der Waals surface area contributed by atoms with E-state index in [1.165, 1.54) is 11.8 Å². The molecule has 0 aliphatic carbocycles. The Kier molecular flexibility index (Phi) is 4.53. The lowest BCUT2D eigenvalue weighted by Crippen LogP contribution is -2.11. The molecule has 0 saturated carbocycles. The molecule has 4 rings (SSSR count). The second-order valence-electron chi connectivity index (χ2n) is 5.73. The summed E-state index contributed by atoms with van der Waals surface area (Å²) in [4.78, 5) is 19.6. The molecule has 0 radical (unpaired) electrons. The van der Waals surface area contributed by atoms with Crippen LogP contribution >= 0.6 is 11.8 Å². The van der Waals surface area contributed by atoms with E-state index >= 15 is 0 Å². The van der Waals surface area contributed by atoms with Gasteiger partial charge in [-0.05, 0) is 19.1 Å². The van der Waals surface area contributed by atoms with E-state index in [1.807, 2.05) is 48.5 Å². The molecular weight excluding hydrogens is 346 g/mol. The number of nitrogens with zero attached hydrogens (tertiary/aromatic N) is 4. The molecule has 0 fully saturated rings. The quantitative estimate of drug-likeness (QED) is 0.549. The topological polar surface area (TPSA) is 76.5 Å². The van der Waals surface area contributed by atoms with Crippen LogP contribution in [-0.4, -0.2) is 24.7 Å². The number of para-hydroxylation sites is 1. The monoisotopic (exact) mass is 363 g/mol.